The molecule has 0 fully saturated rings. The van der Waals surface area contributed by atoms with Crippen LogP contribution in [-0.2, 0) is 14.8 Å². The first kappa shape index (κ1) is 25.6. The third-order valence-corrected chi connectivity index (χ3v) is 6.14. The number of amides is 1. The van der Waals surface area contributed by atoms with Gasteiger partial charge in [-0.2, -0.15) is 0 Å². The molecule has 0 aromatic heterocycles. The highest BCUT2D eigenvalue weighted by Crippen LogP contribution is 2.39. The highest BCUT2D eigenvalue weighted by molar-refractivity contribution is 7.92. The Morgan fingerprint density at radius 2 is 1.78 bits per heavy atom. The number of aryl methyl sites for hydroxylation is 1. The number of hydrogen-bond acceptors (Lipinski definition) is 6. The lowest BCUT2D eigenvalue weighted by Crippen LogP contribution is -2.33. The van der Waals surface area contributed by atoms with Crippen LogP contribution >= 0.6 is 11.6 Å². The summed E-state index contributed by atoms with van der Waals surface area (Å²) in [6.07, 6.45) is 1.56. The molecule has 176 valence electrons. The summed E-state index contributed by atoms with van der Waals surface area (Å²) in [5.74, 6) is 1.20. The Morgan fingerprint density at radius 3 is 2.41 bits per heavy atom. The van der Waals surface area contributed by atoms with Crippen molar-refractivity contribution in [1.82, 2.24) is 5.32 Å². The molecule has 2 rings (SSSR count). The summed E-state index contributed by atoms with van der Waals surface area (Å²) in [6.45, 7) is 2.73. The molecule has 0 aliphatic carbocycles. The van der Waals surface area contributed by atoms with Crippen LogP contribution in [0.15, 0.2) is 36.4 Å². The van der Waals surface area contributed by atoms with E-state index in [2.05, 4.69) is 5.32 Å². The summed E-state index contributed by atoms with van der Waals surface area (Å²) >= 11 is 6.12. The van der Waals surface area contributed by atoms with Crippen molar-refractivity contribution in [3.63, 3.8) is 0 Å². The number of anilines is 1. The molecule has 8 nitrogen and oxygen atoms in total. The Hall–Kier alpha value is -2.65. The number of benzene rings is 2. The lowest BCUT2D eigenvalue weighted by atomic mass is 10.2. The molecule has 0 spiro atoms. The third kappa shape index (κ3) is 7.20. The first-order valence-electron chi connectivity index (χ1n) is 10.0. The Labute approximate surface area is 194 Å². The van der Waals surface area contributed by atoms with Crippen LogP contribution in [0.25, 0.3) is 0 Å². The van der Waals surface area contributed by atoms with Crippen molar-refractivity contribution in [3.05, 3.63) is 47.0 Å². The largest absolute Gasteiger partial charge is 0.495 e. The quantitative estimate of drug-likeness (QED) is 0.464. The summed E-state index contributed by atoms with van der Waals surface area (Å²) in [5.41, 5.74) is 1.32. The van der Waals surface area contributed by atoms with Crippen LogP contribution in [-0.4, -0.2) is 54.5 Å². The van der Waals surface area contributed by atoms with Crippen LogP contribution in [0, 0.1) is 6.92 Å². The molecular formula is C22H29ClN2O6S. The fourth-order valence-corrected chi connectivity index (χ4v) is 4.24. The normalized spacial score (nSPS) is 11.0. The zero-order valence-corrected chi connectivity index (χ0v) is 20.3. The topological polar surface area (TPSA) is 94.2 Å². The maximum atomic E-state index is 12.4. The monoisotopic (exact) mass is 484 g/mol. The second kappa shape index (κ2) is 11.8. The minimum absolute atomic E-state index is 0.0904. The van der Waals surface area contributed by atoms with Gasteiger partial charge in [-0.3, -0.25) is 9.10 Å². The molecule has 0 aliphatic heterocycles. The van der Waals surface area contributed by atoms with E-state index in [1.807, 2.05) is 31.2 Å². The molecule has 1 amide bonds. The van der Waals surface area contributed by atoms with Crippen molar-refractivity contribution in [2.75, 3.05) is 44.5 Å². The van der Waals surface area contributed by atoms with Crippen molar-refractivity contribution >= 4 is 33.2 Å². The van der Waals surface area contributed by atoms with Gasteiger partial charge < -0.3 is 19.5 Å². The summed E-state index contributed by atoms with van der Waals surface area (Å²) in [6, 6.07) is 10.6. The zero-order valence-electron chi connectivity index (χ0n) is 18.7. The van der Waals surface area contributed by atoms with E-state index in [0.717, 1.165) is 17.6 Å². The Bertz CT molecular complexity index is 1030. The molecule has 1 N–H and O–H groups in total. The van der Waals surface area contributed by atoms with Gasteiger partial charge in [0, 0.05) is 25.1 Å². The number of ether oxygens (including phenoxy) is 3. The van der Waals surface area contributed by atoms with Crippen molar-refractivity contribution in [2.24, 2.45) is 0 Å². The molecule has 0 unspecified atom stereocenters. The number of halogens is 1. The van der Waals surface area contributed by atoms with Crippen LogP contribution in [0.1, 0.15) is 18.4 Å². The van der Waals surface area contributed by atoms with Crippen LogP contribution in [0.2, 0.25) is 5.02 Å². The van der Waals surface area contributed by atoms with Gasteiger partial charge in [0.05, 0.1) is 37.7 Å². The number of sulfonamides is 1. The smallest absolute Gasteiger partial charge is 0.232 e. The summed E-state index contributed by atoms with van der Waals surface area (Å²) in [4.78, 5) is 12.2. The number of methoxy groups -OCH3 is 2. The Kier molecular flexibility index (Phi) is 9.46. The highest BCUT2D eigenvalue weighted by atomic mass is 35.5. The molecule has 2 aromatic rings. The van der Waals surface area contributed by atoms with Crippen LogP contribution in [0.4, 0.5) is 5.69 Å². The summed E-state index contributed by atoms with van der Waals surface area (Å²) < 4.78 is 42.2. The van der Waals surface area contributed by atoms with E-state index in [0.29, 0.717) is 41.8 Å². The summed E-state index contributed by atoms with van der Waals surface area (Å²) in [5, 5.41) is 3.08. The van der Waals surface area contributed by atoms with Gasteiger partial charge in [0.1, 0.15) is 23.9 Å². The van der Waals surface area contributed by atoms with Crippen molar-refractivity contribution < 1.29 is 27.4 Å². The van der Waals surface area contributed by atoms with Gasteiger partial charge >= 0.3 is 0 Å². The predicted molar refractivity (Wildman–Crippen MR) is 126 cm³/mol. The fraction of sp³-hybridized carbons (Fsp3) is 0.409. The molecule has 2 aromatic carbocycles. The predicted octanol–water partition coefficient (Wildman–Crippen LogP) is 3.41. The lowest BCUT2D eigenvalue weighted by Gasteiger charge is -2.25. The fourth-order valence-electron chi connectivity index (χ4n) is 3.05. The van der Waals surface area contributed by atoms with Gasteiger partial charge in [0.25, 0.3) is 0 Å². The molecule has 0 heterocycles. The maximum absolute atomic E-state index is 12.4. The van der Waals surface area contributed by atoms with E-state index < -0.39 is 10.0 Å². The van der Waals surface area contributed by atoms with Crippen molar-refractivity contribution in [2.45, 2.75) is 19.8 Å². The van der Waals surface area contributed by atoms with Crippen molar-refractivity contribution in [1.29, 1.82) is 0 Å². The molecule has 0 saturated heterocycles. The Balaban J connectivity index is 1.92. The van der Waals surface area contributed by atoms with E-state index in [1.54, 1.807) is 0 Å². The van der Waals surface area contributed by atoms with Gasteiger partial charge in [-0.05, 0) is 25.0 Å². The minimum Gasteiger partial charge on any atom is -0.495 e. The minimum atomic E-state index is -3.64. The maximum Gasteiger partial charge on any atom is 0.232 e. The van der Waals surface area contributed by atoms with E-state index in [1.165, 1.54) is 30.7 Å². The SMILES string of the molecule is COc1cc(N(CCCC(=O)NCCOc2ccccc2C)S(C)(=O)=O)c(OC)cc1Cl. The number of para-hydroxylation sites is 1. The molecule has 0 saturated carbocycles. The first-order chi connectivity index (χ1) is 15.2. The van der Waals surface area contributed by atoms with Gasteiger partial charge in [-0.15, -0.1) is 0 Å². The first-order valence-corrected chi connectivity index (χ1v) is 12.2. The van der Waals surface area contributed by atoms with E-state index >= 15 is 0 Å². The number of nitrogens with one attached hydrogen (secondary N) is 1. The second-order valence-electron chi connectivity index (χ2n) is 7.06. The van der Waals surface area contributed by atoms with Gasteiger partial charge in [0.15, 0.2) is 0 Å². The Morgan fingerprint density at radius 1 is 1.09 bits per heavy atom. The van der Waals surface area contributed by atoms with Crippen LogP contribution in [0.3, 0.4) is 0 Å². The summed E-state index contributed by atoms with van der Waals surface area (Å²) in [7, 11) is -0.774. The van der Waals surface area contributed by atoms with Crippen molar-refractivity contribution in [3.8, 4) is 17.2 Å². The molecule has 0 aliphatic rings. The molecule has 0 bridgehead atoms. The number of rotatable bonds is 12. The third-order valence-electron chi connectivity index (χ3n) is 4.66. The van der Waals surface area contributed by atoms with Gasteiger partial charge in [-0.1, -0.05) is 29.8 Å². The van der Waals surface area contributed by atoms with E-state index in [-0.39, 0.29) is 18.9 Å². The molecule has 0 radical (unpaired) electrons. The van der Waals surface area contributed by atoms with Gasteiger partial charge in [-0.25, -0.2) is 8.42 Å². The highest BCUT2D eigenvalue weighted by Gasteiger charge is 2.23. The molecule has 0 atom stereocenters. The number of nitrogens with zero attached hydrogens (tertiary/aromatic N) is 1. The van der Waals surface area contributed by atoms with E-state index in [4.69, 9.17) is 25.8 Å². The van der Waals surface area contributed by atoms with Crippen LogP contribution in [0.5, 0.6) is 17.2 Å². The average molecular weight is 485 g/mol. The average Bonchev–Trinajstić information content (AvgIpc) is 2.74. The van der Waals surface area contributed by atoms with E-state index in [9.17, 15) is 13.2 Å². The second-order valence-corrected chi connectivity index (χ2v) is 9.38. The molecule has 10 heteroatoms. The molecular weight excluding hydrogens is 456 g/mol. The number of hydrogen-bond donors (Lipinski definition) is 1. The van der Waals surface area contributed by atoms with Crippen LogP contribution < -0.4 is 23.8 Å². The standard InChI is InChI=1S/C22H29ClN2O6S/c1-16-8-5-6-9-19(16)31-13-11-24-22(26)10-7-12-25(32(4,27)28)18-15-20(29-2)17(23)14-21(18)30-3/h5-6,8-9,14-15H,7,10-13H2,1-4H3,(H,24,26). The lowest BCUT2D eigenvalue weighted by molar-refractivity contribution is -0.121. The molecule has 32 heavy (non-hydrogen) atoms. The number of carbonyl (C=O) groups excluding carboxylic acids is 1. The zero-order chi connectivity index (χ0) is 23.7. The van der Waals surface area contributed by atoms with Gasteiger partial charge in [0.2, 0.25) is 15.9 Å². The number of carbonyl (C=O) groups is 1.